The molecule has 2 amide bonds. The average Bonchev–Trinajstić information content (AvgIpc) is 3.56. The van der Waals surface area contributed by atoms with Crippen LogP contribution in [-0.4, -0.2) is 92.0 Å². The molecule has 4 heterocycles. The lowest BCUT2D eigenvalue weighted by molar-refractivity contribution is -0.323. The number of carbonyl (C=O) groups is 1. The molecule has 244 valence electrons. The molecule has 1 fully saturated rings. The SMILES string of the molecule is CCCNC(=O)N(c1ccc(-c2cnc(OC)nc2)cn1)C1CCC(Nc2ncc(C(O)(O)O)c(-c3ccn(C(O)O)n3)n2)CC1. The Hall–Kier alpha value is -4.81. The molecular weight excluding hydrogens is 600 g/mol. The van der Waals surface area contributed by atoms with Crippen molar-refractivity contribution in [3.05, 3.63) is 54.7 Å². The highest BCUT2D eigenvalue weighted by atomic mass is 16.7. The van der Waals surface area contributed by atoms with Crippen LogP contribution in [0.3, 0.4) is 0 Å². The monoisotopic (exact) mass is 636 g/mol. The molecule has 1 saturated carbocycles. The van der Waals surface area contributed by atoms with Crippen molar-refractivity contribution in [2.24, 2.45) is 0 Å². The molecule has 1 aliphatic rings. The second-order valence-electron chi connectivity index (χ2n) is 10.7. The van der Waals surface area contributed by atoms with Gasteiger partial charge >= 0.3 is 18.0 Å². The number of aliphatic hydroxyl groups is 5. The number of nitrogens with one attached hydrogen (secondary N) is 2. The molecule has 0 bridgehead atoms. The Balaban J connectivity index is 1.30. The van der Waals surface area contributed by atoms with Crippen LogP contribution in [0.15, 0.2) is 49.2 Å². The summed E-state index contributed by atoms with van der Waals surface area (Å²) in [5.74, 6) is -2.60. The number of amides is 2. The predicted octanol–water partition coefficient (Wildman–Crippen LogP) is 1.08. The van der Waals surface area contributed by atoms with Gasteiger partial charge in [0, 0.05) is 60.7 Å². The molecular formula is C29H36N10O7. The smallest absolute Gasteiger partial charge is 0.323 e. The van der Waals surface area contributed by atoms with E-state index in [-0.39, 0.29) is 41.5 Å². The number of urea groups is 1. The van der Waals surface area contributed by atoms with Crippen LogP contribution >= 0.6 is 0 Å². The summed E-state index contributed by atoms with van der Waals surface area (Å²) in [6.45, 7) is 2.50. The normalized spacial score (nSPS) is 16.7. The van der Waals surface area contributed by atoms with Crippen molar-refractivity contribution in [1.29, 1.82) is 0 Å². The fourth-order valence-electron chi connectivity index (χ4n) is 5.19. The molecule has 17 heteroatoms. The van der Waals surface area contributed by atoms with Gasteiger partial charge in [-0.05, 0) is 50.3 Å². The number of pyridine rings is 1. The zero-order valence-electron chi connectivity index (χ0n) is 25.2. The Bertz CT molecular complexity index is 1600. The highest BCUT2D eigenvalue weighted by molar-refractivity contribution is 5.91. The number of carbonyl (C=O) groups excluding carboxylic acids is 1. The number of aliphatic hydroxyl groups excluding tert-OH is 1. The molecule has 0 radical (unpaired) electrons. The van der Waals surface area contributed by atoms with Crippen molar-refractivity contribution in [3.8, 4) is 28.5 Å². The van der Waals surface area contributed by atoms with Gasteiger partial charge in [-0.2, -0.15) is 5.10 Å². The standard InChI is InChI=1S/C29H36N10O7/c1-3-11-30-27(40)39(23-9-4-17(13-31-23)18-14-33-26(46-2)34-15-18)20-7-5-19(6-8-20)35-25-32-16-21(29(43,44)45)24(36-25)22-10-12-38(37-22)28(41)42/h4,9-10,12-16,19-20,28,41-45H,3,5-8,11H2,1-2H3,(H,30,40)(H,32,35,36). The molecule has 17 nitrogen and oxygen atoms in total. The van der Waals surface area contributed by atoms with Gasteiger partial charge in [0.25, 0.3) is 6.41 Å². The Kier molecular flexibility index (Phi) is 9.98. The number of anilines is 2. The first-order chi connectivity index (χ1) is 22.1. The van der Waals surface area contributed by atoms with E-state index in [9.17, 15) is 30.3 Å². The van der Waals surface area contributed by atoms with E-state index in [1.54, 1.807) is 29.6 Å². The van der Waals surface area contributed by atoms with Gasteiger partial charge in [-0.15, -0.1) is 0 Å². The Morgan fingerprint density at radius 2 is 1.74 bits per heavy atom. The Morgan fingerprint density at radius 1 is 1.02 bits per heavy atom. The average molecular weight is 637 g/mol. The van der Waals surface area contributed by atoms with Gasteiger partial charge in [0.05, 0.1) is 12.7 Å². The summed E-state index contributed by atoms with van der Waals surface area (Å²) in [6, 6.07) is 4.84. The lowest BCUT2D eigenvalue weighted by Gasteiger charge is -2.36. The summed E-state index contributed by atoms with van der Waals surface area (Å²) < 4.78 is 5.85. The number of hydrogen-bond donors (Lipinski definition) is 7. The van der Waals surface area contributed by atoms with Gasteiger partial charge in [-0.1, -0.05) is 6.92 Å². The molecule has 0 atom stereocenters. The molecule has 4 aromatic heterocycles. The summed E-state index contributed by atoms with van der Waals surface area (Å²) in [4.78, 5) is 36.4. The largest absolute Gasteiger partial charge is 0.467 e. The number of rotatable bonds is 11. The molecule has 0 saturated heterocycles. The van der Waals surface area contributed by atoms with Gasteiger partial charge in [-0.25, -0.2) is 34.4 Å². The maximum absolute atomic E-state index is 13.3. The molecule has 0 aromatic carbocycles. The second-order valence-corrected chi connectivity index (χ2v) is 10.7. The van der Waals surface area contributed by atoms with Crippen molar-refractivity contribution >= 4 is 17.8 Å². The maximum Gasteiger partial charge on any atom is 0.323 e. The minimum absolute atomic E-state index is 0.0468. The third-order valence-electron chi connectivity index (χ3n) is 7.52. The number of methoxy groups -OCH3 is 1. The van der Waals surface area contributed by atoms with Crippen molar-refractivity contribution in [2.75, 3.05) is 23.9 Å². The molecule has 0 unspecified atom stereocenters. The van der Waals surface area contributed by atoms with Crippen LogP contribution in [0.1, 0.15) is 51.0 Å². The van der Waals surface area contributed by atoms with Crippen molar-refractivity contribution in [3.63, 3.8) is 0 Å². The van der Waals surface area contributed by atoms with E-state index in [4.69, 9.17) is 4.74 Å². The molecule has 4 aromatic rings. The first kappa shape index (κ1) is 32.6. The molecule has 0 spiro atoms. The first-order valence-electron chi connectivity index (χ1n) is 14.7. The molecule has 46 heavy (non-hydrogen) atoms. The zero-order valence-corrected chi connectivity index (χ0v) is 25.2. The minimum Gasteiger partial charge on any atom is -0.467 e. The zero-order chi connectivity index (χ0) is 32.8. The van der Waals surface area contributed by atoms with Crippen LogP contribution in [0.5, 0.6) is 6.01 Å². The van der Waals surface area contributed by atoms with Crippen LogP contribution in [-0.2, 0) is 5.97 Å². The maximum atomic E-state index is 13.3. The summed E-state index contributed by atoms with van der Waals surface area (Å²) >= 11 is 0. The fraction of sp³-hybridized carbons (Fsp3) is 0.414. The summed E-state index contributed by atoms with van der Waals surface area (Å²) in [7, 11) is 1.49. The van der Waals surface area contributed by atoms with Crippen molar-refractivity contribution in [2.45, 2.75) is 63.5 Å². The van der Waals surface area contributed by atoms with Crippen LogP contribution in [0.25, 0.3) is 22.5 Å². The van der Waals surface area contributed by atoms with Crippen LogP contribution in [0, 0.1) is 0 Å². The lowest BCUT2D eigenvalue weighted by Crippen LogP contribution is -2.49. The van der Waals surface area contributed by atoms with E-state index in [1.807, 2.05) is 13.0 Å². The molecule has 0 aliphatic heterocycles. The van der Waals surface area contributed by atoms with Gasteiger partial charge in [0.2, 0.25) is 5.95 Å². The number of ether oxygens (including phenoxy) is 1. The highest BCUT2D eigenvalue weighted by Gasteiger charge is 2.33. The lowest BCUT2D eigenvalue weighted by atomic mass is 9.90. The van der Waals surface area contributed by atoms with Crippen molar-refractivity contribution < 1.29 is 35.1 Å². The van der Waals surface area contributed by atoms with E-state index in [0.29, 0.717) is 38.0 Å². The van der Waals surface area contributed by atoms with Crippen LogP contribution in [0.4, 0.5) is 16.6 Å². The van der Waals surface area contributed by atoms with Gasteiger partial charge in [0.15, 0.2) is 0 Å². The quantitative estimate of drug-likeness (QED) is 0.114. The number of hydrogen-bond acceptors (Lipinski definition) is 14. The minimum atomic E-state index is -3.26. The summed E-state index contributed by atoms with van der Waals surface area (Å²) in [5.41, 5.74) is 1.04. The second kappa shape index (κ2) is 14.1. The third-order valence-corrected chi connectivity index (χ3v) is 7.52. The van der Waals surface area contributed by atoms with Gasteiger partial charge < -0.3 is 40.9 Å². The van der Waals surface area contributed by atoms with Crippen LogP contribution < -0.4 is 20.3 Å². The fourth-order valence-corrected chi connectivity index (χ4v) is 5.19. The van der Waals surface area contributed by atoms with E-state index in [0.717, 1.165) is 28.4 Å². The first-order valence-corrected chi connectivity index (χ1v) is 14.7. The van der Waals surface area contributed by atoms with E-state index in [2.05, 4.69) is 40.7 Å². The van der Waals surface area contributed by atoms with Gasteiger partial charge in [0.1, 0.15) is 17.2 Å². The predicted molar refractivity (Wildman–Crippen MR) is 163 cm³/mol. The summed E-state index contributed by atoms with van der Waals surface area (Å²) in [6.07, 6.45) is 8.72. The van der Waals surface area contributed by atoms with Crippen molar-refractivity contribution in [1.82, 2.24) is 40.0 Å². The Morgan fingerprint density at radius 3 is 2.33 bits per heavy atom. The van der Waals surface area contributed by atoms with E-state index in [1.165, 1.54) is 19.4 Å². The third kappa shape index (κ3) is 7.52. The van der Waals surface area contributed by atoms with E-state index < -0.39 is 18.0 Å². The number of aromatic nitrogens is 7. The van der Waals surface area contributed by atoms with Gasteiger partial charge in [-0.3, -0.25) is 4.90 Å². The Labute approximate surface area is 263 Å². The van der Waals surface area contributed by atoms with E-state index >= 15 is 0 Å². The molecule has 7 N–H and O–H groups in total. The molecule has 5 rings (SSSR count). The highest BCUT2D eigenvalue weighted by Crippen LogP contribution is 2.31. The van der Waals surface area contributed by atoms with Crippen LogP contribution in [0.2, 0.25) is 0 Å². The number of nitrogens with zero attached hydrogens (tertiary/aromatic N) is 8. The topological polar surface area (TPSA) is 237 Å². The summed E-state index contributed by atoms with van der Waals surface area (Å²) in [5, 5.41) is 58.5. The molecule has 1 aliphatic carbocycles.